The van der Waals surface area contributed by atoms with E-state index in [9.17, 15) is 23.9 Å². The lowest BCUT2D eigenvalue weighted by Gasteiger charge is -2.31. The van der Waals surface area contributed by atoms with Crippen LogP contribution in [0.15, 0.2) is 36.4 Å². The van der Waals surface area contributed by atoms with Crippen molar-refractivity contribution >= 4 is 23.5 Å². The van der Waals surface area contributed by atoms with Crippen LogP contribution in [0, 0.1) is 36.4 Å². The van der Waals surface area contributed by atoms with Gasteiger partial charge in [-0.1, -0.05) is 12.1 Å². The van der Waals surface area contributed by atoms with E-state index in [2.05, 4.69) is 10.6 Å². The second kappa shape index (κ2) is 11.2. The summed E-state index contributed by atoms with van der Waals surface area (Å²) in [6.45, 7) is 1.96. The molecule has 3 N–H and O–H groups in total. The SMILES string of the molecule is COc1cc(F)c(O[C@H]2CC[C@@H](C(=O)O)CC2)cc1C(=O)N[C@@H]1[C@H]2CC[C@H](C2)[C@@H]1C(=O)Nc1cccc(C)c1. The minimum absolute atomic E-state index is 0.0681. The number of carboxylic acid groups (broad SMARTS) is 1. The predicted octanol–water partition coefficient (Wildman–Crippen LogP) is 4.95. The maximum atomic E-state index is 14.9. The first kappa shape index (κ1) is 27.0. The van der Waals surface area contributed by atoms with Crippen LogP contribution in [0.5, 0.6) is 11.5 Å². The highest BCUT2D eigenvalue weighted by Crippen LogP contribution is 2.49. The molecule has 208 valence electrons. The van der Waals surface area contributed by atoms with Crippen molar-refractivity contribution in [3.63, 3.8) is 0 Å². The molecule has 0 heterocycles. The Morgan fingerprint density at radius 1 is 0.974 bits per heavy atom. The van der Waals surface area contributed by atoms with E-state index in [0.717, 1.165) is 36.6 Å². The van der Waals surface area contributed by atoms with Gasteiger partial charge in [-0.3, -0.25) is 14.4 Å². The second-order valence-corrected chi connectivity index (χ2v) is 11.1. The third-order valence-corrected chi connectivity index (χ3v) is 8.62. The van der Waals surface area contributed by atoms with Gasteiger partial charge in [-0.15, -0.1) is 0 Å². The predicted molar refractivity (Wildman–Crippen MR) is 142 cm³/mol. The normalized spacial score (nSPS) is 27.6. The fraction of sp³-hybridized carbons (Fsp3) is 0.500. The molecule has 3 aliphatic carbocycles. The minimum Gasteiger partial charge on any atom is -0.496 e. The molecule has 0 aromatic heterocycles. The number of halogens is 1. The monoisotopic (exact) mass is 538 g/mol. The molecule has 8 nitrogen and oxygen atoms in total. The number of aryl methyl sites for hydroxylation is 1. The fourth-order valence-electron chi connectivity index (χ4n) is 6.63. The van der Waals surface area contributed by atoms with Gasteiger partial charge in [0.25, 0.3) is 5.91 Å². The molecule has 0 aliphatic heterocycles. The summed E-state index contributed by atoms with van der Waals surface area (Å²) in [5, 5.41) is 15.3. The van der Waals surface area contributed by atoms with E-state index in [1.54, 1.807) is 0 Å². The van der Waals surface area contributed by atoms with E-state index in [4.69, 9.17) is 9.47 Å². The Balaban J connectivity index is 1.31. The van der Waals surface area contributed by atoms with Crippen molar-refractivity contribution in [3.8, 4) is 11.5 Å². The van der Waals surface area contributed by atoms with Crippen LogP contribution >= 0.6 is 0 Å². The Hall–Kier alpha value is -3.62. The summed E-state index contributed by atoms with van der Waals surface area (Å²) in [4.78, 5) is 38.1. The molecule has 3 fully saturated rings. The zero-order chi connectivity index (χ0) is 27.7. The summed E-state index contributed by atoms with van der Waals surface area (Å²) in [5.41, 5.74) is 1.91. The number of methoxy groups -OCH3 is 1. The van der Waals surface area contributed by atoms with Crippen molar-refractivity contribution in [2.45, 2.75) is 64.0 Å². The van der Waals surface area contributed by atoms with Crippen LogP contribution in [0.25, 0.3) is 0 Å². The molecule has 2 amide bonds. The van der Waals surface area contributed by atoms with Crippen LogP contribution in [0.2, 0.25) is 0 Å². The minimum atomic E-state index is -0.825. The summed E-state index contributed by atoms with van der Waals surface area (Å²) in [6.07, 6.45) is 4.34. The topological polar surface area (TPSA) is 114 Å². The van der Waals surface area contributed by atoms with E-state index >= 15 is 0 Å². The number of benzene rings is 2. The molecule has 2 bridgehead atoms. The van der Waals surface area contributed by atoms with Gasteiger partial charge < -0.3 is 25.2 Å². The van der Waals surface area contributed by atoms with Crippen LogP contribution in [0.4, 0.5) is 10.1 Å². The zero-order valence-electron chi connectivity index (χ0n) is 22.2. The highest BCUT2D eigenvalue weighted by atomic mass is 19.1. The van der Waals surface area contributed by atoms with Gasteiger partial charge >= 0.3 is 5.97 Å². The maximum Gasteiger partial charge on any atom is 0.306 e. The Morgan fingerprint density at radius 3 is 2.41 bits per heavy atom. The van der Waals surface area contributed by atoms with Crippen LogP contribution < -0.4 is 20.1 Å². The number of anilines is 1. The van der Waals surface area contributed by atoms with Gasteiger partial charge in [-0.25, -0.2) is 4.39 Å². The molecule has 9 heteroatoms. The molecule has 5 rings (SSSR count). The van der Waals surface area contributed by atoms with Crippen LogP contribution in [-0.4, -0.2) is 42.1 Å². The van der Waals surface area contributed by atoms with Crippen molar-refractivity contribution in [2.24, 2.45) is 23.7 Å². The van der Waals surface area contributed by atoms with Gasteiger partial charge in [-0.2, -0.15) is 0 Å². The third-order valence-electron chi connectivity index (χ3n) is 8.62. The largest absolute Gasteiger partial charge is 0.496 e. The number of carboxylic acids is 1. The first-order valence-corrected chi connectivity index (χ1v) is 13.7. The van der Waals surface area contributed by atoms with E-state index < -0.39 is 23.6 Å². The Morgan fingerprint density at radius 2 is 1.72 bits per heavy atom. The van der Waals surface area contributed by atoms with Gasteiger partial charge in [0.2, 0.25) is 5.91 Å². The van der Waals surface area contributed by atoms with E-state index in [0.29, 0.717) is 25.7 Å². The second-order valence-electron chi connectivity index (χ2n) is 11.1. The first-order valence-electron chi connectivity index (χ1n) is 13.7. The number of aliphatic carboxylic acids is 1. The number of carbonyl (C=O) groups is 3. The van der Waals surface area contributed by atoms with E-state index in [1.165, 1.54) is 13.2 Å². The summed E-state index contributed by atoms with van der Waals surface area (Å²) in [6, 6.07) is 9.76. The van der Waals surface area contributed by atoms with E-state index in [-0.39, 0.29) is 52.9 Å². The number of carbonyl (C=O) groups excluding carboxylic acids is 2. The molecule has 3 aliphatic rings. The zero-order valence-corrected chi connectivity index (χ0v) is 22.2. The average molecular weight is 539 g/mol. The molecule has 0 saturated heterocycles. The molecule has 4 atom stereocenters. The highest BCUT2D eigenvalue weighted by molar-refractivity contribution is 5.99. The maximum absolute atomic E-state index is 14.9. The van der Waals surface area contributed by atoms with Gasteiger partial charge in [0.15, 0.2) is 11.6 Å². The van der Waals surface area contributed by atoms with Gasteiger partial charge in [0.05, 0.1) is 30.6 Å². The number of amides is 2. The molecule has 0 unspecified atom stereocenters. The standard InChI is InChI=1S/C30H35FN2O6/c1-16-4-3-5-20(12-16)32-29(35)26-18-6-7-19(13-18)27(26)33-28(34)22-14-25(23(31)15-24(22)38-2)39-21-10-8-17(9-11-21)30(36)37/h3-5,12,14-15,17-19,21,26-27H,6-11,13H2,1-2H3,(H,32,35)(H,33,34)(H,36,37)/t17-,18-,19+,21+,26+,27-/m1/s1. The molecular formula is C30H35FN2O6. The van der Waals surface area contributed by atoms with Gasteiger partial charge in [-0.05, 0) is 87.5 Å². The van der Waals surface area contributed by atoms with Crippen molar-refractivity contribution < 1.29 is 33.4 Å². The van der Waals surface area contributed by atoms with Crippen molar-refractivity contribution in [1.82, 2.24) is 5.32 Å². The quantitative estimate of drug-likeness (QED) is 0.438. The third kappa shape index (κ3) is 5.72. The first-order chi connectivity index (χ1) is 18.7. The lowest BCUT2D eigenvalue weighted by Crippen LogP contribution is -2.48. The summed E-state index contributed by atoms with van der Waals surface area (Å²) in [5.74, 6) is -2.41. The Kier molecular flexibility index (Phi) is 7.77. The number of nitrogens with one attached hydrogen (secondary N) is 2. The molecular weight excluding hydrogens is 503 g/mol. The molecule has 0 spiro atoms. The Bertz CT molecular complexity index is 1260. The molecule has 2 aromatic rings. The van der Waals surface area contributed by atoms with Crippen LogP contribution in [0.1, 0.15) is 60.9 Å². The molecule has 39 heavy (non-hydrogen) atoms. The molecule has 3 saturated carbocycles. The summed E-state index contributed by atoms with van der Waals surface area (Å²) in [7, 11) is 1.37. The number of ether oxygens (including phenoxy) is 2. The van der Waals surface area contributed by atoms with Crippen molar-refractivity contribution in [3.05, 3.63) is 53.3 Å². The summed E-state index contributed by atoms with van der Waals surface area (Å²) >= 11 is 0. The van der Waals surface area contributed by atoms with E-state index in [1.807, 2.05) is 31.2 Å². The van der Waals surface area contributed by atoms with Crippen molar-refractivity contribution in [1.29, 1.82) is 0 Å². The smallest absolute Gasteiger partial charge is 0.306 e. The van der Waals surface area contributed by atoms with Crippen LogP contribution in [0.3, 0.4) is 0 Å². The highest BCUT2D eigenvalue weighted by Gasteiger charge is 2.51. The lowest BCUT2D eigenvalue weighted by molar-refractivity contribution is -0.143. The number of rotatable bonds is 8. The molecule has 0 radical (unpaired) electrons. The molecule has 2 aromatic carbocycles. The average Bonchev–Trinajstić information content (AvgIpc) is 3.52. The fourth-order valence-corrected chi connectivity index (χ4v) is 6.63. The number of hydrogen-bond acceptors (Lipinski definition) is 5. The van der Waals surface area contributed by atoms with Crippen molar-refractivity contribution in [2.75, 3.05) is 12.4 Å². The van der Waals surface area contributed by atoms with Gasteiger partial charge in [0, 0.05) is 17.8 Å². The number of hydrogen-bond donors (Lipinski definition) is 3. The van der Waals surface area contributed by atoms with Gasteiger partial charge in [0.1, 0.15) is 5.75 Å². The summed E-state index contributed by atoms with van der Waals surface area (Å²) < 4.78 is 26.1. The van der Waals surface area contributed by atoms with Crippen LogP contribution in [-0.2, 0) is 9.59 Å². The number of fused-ring (bicyclic) bond motifs is 2. The lowest BCUT2D eigenvalue weighted by atomic mass is 9.83. The Labute approximate surface area is 227 Å².